The second-order valence-corrected chi connectivity index (χ2v) is 7.88. The molecule has 142 valence electrons. The van der Waals surface area contributed by atoms with E-state index in [1.807, 2.05) is 70.2 Å². The minimum Gasteiger partial charge on any atom is -0.465 e. The van der Waals surface area contributed by atoms with Crippen molar-refractivity contribution in [3.05, 3.63) is 48.0 Å². The maximum Gasteiger partial charge on any atom is 0.407 e. The van der Waals surface area contributed by atoms with Crippen LogP contribution in [0.25, 0.3) is 0 Å². The topological polar surface area (TPSA) is 66.8 Å². The molecular formula is C21H29NO4. The Hall–Kier alpha value is -2.30. The van der Waals surface area contributed by atoms with Crippen molar-refractivity contribution in [1.29, 1.82) is 0 Å². The number of carboxylic acid groups (broad SMARTS) is 1. The van der Waals surface area contributed by atoms with Gasteiger partial charge in [0.2, 0.25) is 0 Å². The minimum absolute atomic E-state index is 0.201. The van der Waals surface area contributed by atoms with E-state index in [4.69, 9.17) is 4.74 Å². The standard InChI is InChI=1S/C21H29NO4/c1-5-9-16-17(19(23)26-14-15-10-7-6-8-11-15)12-13-22(20(24)25)18(16)21(2,3)4/h5-11,16-18H,12-14H2,1-4H3,(H,24,25). The van der Waals surface area contributed by atoms with Gasteiger partial charge in [-0.1, -0.05) is 63.3 Å². The van der Waals surface area contributed by atoms with Crippen molar-refractivity contribution in [3.63, 3.8) is 0 Å². The predicted octanol–water partition coefficient (Wildman–Crippen LogP) is 4.34. The van der Waals surface area contributed by atoms with E-state index in [0.717, 1.165) is 5.56 Å². The van der Waals surface area contributed by atoms with Crippen molar-refractivity contribution < 1.29 is 19.4 Å². The molecule has 1 aromatic carbocycles. The van der Waals surface area contributed by atoms with Crippen LogP contribution in [0.15, 0.2) is 42.5 Å². The number of allylic oxidation sites excluding steroid dienone is 1. The van der Waals surface area contributed by atoms with Crippen molar-refractivity contribution in [2.24, 2.45) is 17.3 Å². The number of carbonyl (C=O) groups excluding carboxylic acids is 1. The number of likely N-dealkylation sites (tertiary alicyclic amines) is 1. The van der Waals surface area contributed by atoms with E-state index >= 15 is 0 Å². The minimum atomic E-state index is -0.935. The van der Waals surface area contributed by atoms with E-state index in [-0.39, 0.29) is 35.9 Å². The lowest BCUT2D eigenvalue weighted by Gasteiger charge is -2.48. The number of rotatable bonds is 4. The molecule has 0 saturated carbocycles. The zero-order valence-electron chi connectivity index (χ0n) is 16.0. The highest BCUT2D eigenvalue weighted by Gasteiger charge is 2.47. The lowest BCUT2D eigenvalue weighted by Crippen LogP contribution is -2.57. The number of carbonyl (C=O) groups is 2. The molecule has 0 bridgehead atoms. The van der Waals surface area contributed by atoms with Crippen LogP contribution in [0, 0.1) is 17.3 Å². The van der Waals surface area contributed by atoms with Crippen LogP contribution >= 0.6 is 0 Å². The summed E-state index contributed by atoms with van der Waals surface area (Å²) < 4.78 is 5.56. The molecule has 0 aromatic heterocycles. The fraction of sp³-hybridized carbons (Fsp3) is 0.524. The number of benzene rings is 1. The summed E-state index contributed by atoms with van der Waals surface area (Å²) in [5.74, 6) is -0.792. The van der Waals surface area contributed by atoms with Gasteiger partial charge in [0.1, 0.15) is 6.61 Å². The highest BCUT2D eigenvalue weighted by atomic mass is 16.5. The van der Waals surface area contributed by atoms with Gasteiger partial charge in [0.15, 0.2) is 0 Å². The molecule has 1 aliphatic heterocycles. The molecule has 1 aromatic rings. The smallest absolute Gasteiger partial charge is 0.407 e. The molecule has 3 atom stereocenters. The van der Waals surface area contributed by atoms with Gasteiger partial charge in [-0.15, -0.1) is 0 Å². The largest absolute Gasteiger partial charge is 0.465 e. The third-order valence-corrected chi connectivity index (χ3v) is 4.92. The van der Waals surface area contributed by atoms with Gasteiger partial charge >= 0.3 is 12.1 Å². The summed E-state index contributed by atoms with van der Waals surface area (Å²) in [5, 5.41) is 9.62. The Morgan fingerprint density at radius 2 is 1.92 bits per heavy atom. The van der Waals surface area contributed by atoms with Crippen LogP contribution in [0.4, 0.5) is 4.79 Å². The molecule has 0 aliphatic carbocycles. The summed E-state index contributed by atoms with van der Waals surface area (Å²) in [5.41, 5.74) is 0.653. The van der Waals surface area contributed by atoms with Crippen molar-refractivity contribution in [3.8, 4) is 0 Å². The summed E-state index contributed by atoms with van der Waals surface area (Å²) in [6, 6.07) is 9.30. The zero-order valence-corrected chi connectivity index (χ0v) is 16.0. The second kappa shape index (κ2) is 8.39. The number of amides is 1. The quantitative estimate of drug-likeness (QED) is 0.641. The molecule has 0 radical (unpaired) electrons. The van der Waals surface area contributed by atoms with Crippen LogP contribution < -0.4 is 0 Å². The molecule has 1 N–H and O–H groups in total. The van der Waals surface area contributed by atoms with E-state index in [2.05, 4.69) is 0 Å². The monoisotopic (exact) mass is 359 g/mol. The Morgan fingerprint density at radius 3 is 2.46 bits per heavy atom. The number of nitrogens with zero attached hydrogens (tertiary/aromatic N) is 1. The maximum atomic E-state index is 12.8. The summed E-state index contributed by atoms with van der Waals surface area (Å²) in [6.45, 7) is 8.52. The normalized spacial score (nSPS) is 23.8. The summed E-state index contributed by atoms with van der Waals surface area (Å²) in [6.07, 6.45) is 3.39. The molecule has 5 nitrogen and oxygen atoms in total. The van der Waals surface area contributed by atoms with Gasteiger partial charge in [-0.3, -0.25) is 4.79 Å². The van der Waals surface area contributed by atoms with Gasteiger partial charge in [-0.05, 0) is 24.3 Å². The number of hydrogen-bond acceptors (Lipinski definition) is 3. The zero-order chi connectivity index (χ0) is 19.3. The van der Waals surface area contributed by atoms with E-state index in [0.29, 0.717) is 13.0 Å². The highest BCUT2D eigenvalue weighted by molar-refractivity contribution is 5.74. The van der Waals surface area contributed by atoms with Crippen molar-refractivity contribution >= 4 is 12.1 Å². The SMILES string of the molecule is CC=CC1C(C(=O)OCc2ccccc2)CCN(C(=O)O)C1C(C)(C)C. The highest BCUT2D eigenvalue weighted by Crippen LogP contribution is 2.40. The van der Waals surface area contributed by atoms with E-state index < -0.39 is 6.09 Å². The van der Waals surface area contributed by atoms with Gasteiger partial charge in [-0.2, -0.15) is 0 Å². The van der Waals surface area contributed by atoms with Crippen molar-refractivity contribution in [1.82, 2.24) is 4.90 Å². The number of hydrogen-bond donors (Lipinski definition) is 1. The molecule has 1 amide bonds. The number of esters is 1. The Balaban J connectivity index is 2.21. The lowest BCUT2D eigenvalue weighted by molar-refractivity contribution is -0.155. The van der Waals surface area contributed by atoms with Crippen LogP contribution in [0.1, 0.15) is 39.7 Å². The Bertz CT molecular complexity index is 648. The first-order chi connectivity index (χ1) is 12.3. The van der Waals surface area contributed by atoms with Crippen LogP contribution in [0.2, 0.25) is 0 Å². The Kier molecular flexibility index (Phi) is 6.46. The van der Waals surface area contributed by atoms with Gasteiger partial charge in [0.05, 0.1) is 5.92 Å². The summed E-state index contributed by atoms with van der Waals surface area (Å²) in [7, 11) is 0. The molecule has 1 saturated heterocycles. The summed E-state index contributed by atoms with van der Waals surface area (Å²) in [4.78, 5) is 26.0. The van der Waals surface area contributed by atoms with Crippen molar-refractivity contribution in [2.45, 2.75) is 46.8 Å². The van der Waals surface area contributed by atoms with Crippen LogP contribution in [0.5, 0.6) is 0 Å². The predicted molar refractivity (Wildman–Crippen MR) is 101 cm³/mol. The molecule has 0 spiro atoms. The van der Waals surface area contributed by atoms with Gasteiger partial charge in [0.25, 0.3) is 0 Å². The second-order valence-electron chi connectivity index (χ2n) is 7.88. The molecule has 1 fully saturated rings. The Morgan fingerprint density at radius 1 is 1.27 bits per heavy atom. The Labute approximate surface area is 155 Å². The average Bonchev–Trinajstić information content (AvgIpc) is 2.59. The van der Waals surface area contributed by atoms with Crippen LogP contribution in [-0.2, 0) is 16.1 Å². The van der Waals surface area contributed by atoms with Crippen LogP contribution in [0.3, 0.4) is 0 Å². The maximum absolute atomic E-state index is 12.8. The average molecular weight is 359 g/mol. The first-order valence-corrected chi connectivity index (χ1v) is 9.08. The summed E-state index contributed by atoms with van der Waals surface area (Å²) >= 11 is 0. The fourth-order valence-corrected chi connectivity index (χ4v) is 3.87. The first kappa shape index (κ1) is 20.0. The van der Waals surface area contributed by atoms with Gasteiger partial charge in [0, 0.05) is 18.5 Å². The number of piperidine rings is 1. The molecule has 3 unspecified atom stereocenters. The van der Waals surface area contributed by atoms with E-state index in [1.54, 1.807) is 0 Å². The lowest BCUT2D eigenvalue weighted by atomic mass is 9.69. The third-order valence-electron chi connectivity index (χ3n) is 4.92. The first-order valence-electron chi connectivity index (χ1n) is 9.08. The van der Waals surface area contributed by atoms with Gasteiger partial charge < -0.3 is 14.7 Å². The third kappa shape index (κ3) is 4.65. The van der Waals surface area contributed by atoms with Crippen LogP contribution in [-0.4, -0.2) is 34.7 Å². The number of ether oxygens (including phenoxy) is 1. The molecule has 5 heteroatoms. The van der Waals surface area contributed by atoms with E-state index in [9.17, 15) is 14.7 Å². The van der Waals surface area contributed by atoms with Crippen molar-refractivity contribution in [2.75, 3.05) is 6.54 Å². The fourth-order valence-electron chi connectivity index (χ4n) is 3.87. The molecular weight excluding hydrogens is 330 g/mol. The molecule has 26 heavy (non-hydrogen) atoms. The van der Waals surface area contributed by atoms with Gasteiger partial charge in [-0.25, -0.2) is 4.79 Å². The van der Waals surface area contributed by atoms with E-state index in [1.165, 1.54) is 4.90 Å². The molecule has 1 heterocycles. The molecule has 1 aliphatic rings. The molecule has 2 rings (SSSR count).